The zero-order valence-electron chi connectivity index (χ0n) is 12.6. The number of pyridine rings is 1. The third-order valence-corrected chi connectivity index (χ3v) is 4.34. The number of benzene rings is 1. The molecule has 114 valence electrons. The van der Waals surface area contributed by atoms with Crippen LogP contribution in [-0.2, 0) is 6.42 Å². The maximum atomic E-state index is 13.7. The van der Waals surface area contributed by atoms with E-state index in [1.807, 2.05) is 11.9 Å². The fourth-order valence-corrected chi connectivity index (χ4v) is 2.69. The summed E-state index contributed by atoms with van der Waals surface area (Å²) < 4.78 is 13.7. The van der Waals surface area contributed by atoms with Gasteiger partial charge in [-0.2, -0.15) is 0 Å². The quantitative estimate of drug-likeness (QED) is 0.866. The molecule has 0 N–H and O–H groups in total. The van der Waals surface area contributed by atoms with Gasteiger partial charge >= 0.3 is 0 Å². The SMILES string of the molecule is CN(C(=O)c1ccnc(Cc2ccccc2F)c1)C1CCC1. The summed E-state index contributed by atoms with van der Waals surface area (Å²) in [7, 11) is 1.85. The van der Waals surface area contributed by atoms with Gasteiger partial charge in [0, 0.05) is 37.0 Å². The van der Waals surface area contributed by atoms with Crippen molar-refractivity contribution in [1.82, 2.24) is 9.88 Å². The summed E-state index contributed by atoms with van der Waals surface area (Å²) in [6, 6.07) is 10.5. The first-order valence-corrected chi connectivity index (χ1v) is 7.60. The lowest BCUT2D eigenvalue weighted by atomic mass is 9.91. The van der Waals surface area contributed by atoms with Gasteiger partial charge in [-0.1, -0.05) is 18.2 Å². The molecule has 1 saturated carbocycles. The summed E-state index contributed by atoms with van der Waals surface area (Å²) in [5.41, 5.74) is 1.92. The van der Waals surface area contributed by atoms with Crippen LogP contribution < -0.4 is 0 Å². The molecule has 3 nitrogen and oxygen atoms in total. The molecule has 1 fully saturated rings. The number of hydrogen-bond donors (Lipinski definition) is 0. The molecule has 1 aromatic heterocycles. The molecule has 22 heavy (non-hydrogen) atoms. The molecule has 1 aliphatic carbocycles. The van der Waals surface area contributed by atoms with Crippen LogP contribution in [0.15, 0.2) is 42.6 Å². The topological polar surface area (TPSA) is 33.2 Å². The van der Waals surface area contributed by atoms with Gasteiger partial charge in [0.15, 0.2) is 0 Å². The van der Waals surface area contributed by atoms with Crippen molar-refractivity contribution >= 4 is 5.91 Å². The molecule has 0 atom stereocenters. The van der Waals surface area contributed by atoms with Crippen molar-refractivity contribution in [2.45, 2.75) is 31.7 Å². The minimum absolute atomic E-state index is 0.0156. The number of carbonyl (C=O) groups is 1. The zero-order chi connectivity index (χ0) is 15.5. The van der Waals surface area contributed by atoms with Crippen LogP contribution in [0.4, 0.5) is 4.39 Å². The highest BCUT2D eigenvalue weighted by Crippen LogP contribution is 2.25. The summed E-state index contributed by atoms with van der Waals surface area (Å²) in [4.78, 5) is 18.5. The van der Waals surface area contributed by atoms with E-state index in [4.69, 9.17) is 0 Å². The second-order valence-corrected chi connectivity index (χ2v) is 5.80. The van der Waals surface area contributed by atoms with Gasteiger partial charge in [0.2, 0.25) is 0 Å². The van der Waals surface area contributed by atoms with Crippen LogP contribution in [0.1, 0.15) is 40.9 Å². The summed E-state index contributed by atoms with van der Waals surface area (Å²) in [6.45, 7) is 0. The van der Waals surface area contributed by atoms with Crippen LogP contribution in [-0.4, -0.2) is 28.9 Å². The molecule has 0 spiro atoms. The van der Waals surface area contributed by atoms with Gasteiger partial charge in [0.25, 0.3) is 5.91 Å². The van der Waals surface area contributed by atoms with Crippen molar-refractivity contribution in [2.75, 3.05) is 7.05 Å². The normalized spacial score (nSPS) is 14.5. The lowest BCUT2D eigenvalue weighted by Gasteiger charge is -2.34. The van der Waals surface area contributed by atoms with Crippen LogP contribution in [0, 0.1) is 5.82 Å². The molecule has 4 heteroatoms. The number of amides is 1. The van der Waals surface area contributed by atoms with E-state index in [1.165, 1.54) is 12.5 Å². The highest BCUT2D eigenvalue weighted by molar-refractivity contribution is 5.94. The van der Waals surface area contributed by atoms with E-state index >= 15 is 0 Å². The molecule has 0 aliphatic heterocycles. The molecular formula is C18H19FN2O. The fourth-order valence-electron chi connectivity index (χ4n) is 2.69. The van der Waals surface area contributed by atoms with Crippen LogP contribution in [0.5, 0.6) is 0 Å². The molecule has 1 amide bonds. The Kier molecular flexibility index (Phi) is 4.18. The maximum absolute atomic E-state index is 13.7. The number of carbonyl (C=O) groups excluding carboxylic acids is 1. The Bertz CT molecular complexity index is 682. The minimum atomic E-state index is -0.243. The van der Waals surface area contributed by atoms with Crippen LogP contribution >= 0.6 is 0 Å². The smallest absolute Gasteiger partial charge is 0.253 e. The number of aromatic nitrogens is 1. The number of halogens is 1. The Labute approximate surface area is 129 Å². The van der Waals surface area contributed by atoms with Gasteiger partial charge in [-0.05, 0) is 43.0 Å². The van der Waals surface area contributed by atoms with E-state index in [0.29, 0.717) is 29.3 Å². The Morgan fingerprint density at radius 2 is 2.09 bits per heavy atom. The van der Waals surface area contributed by atoms with E-state index in [0.717, 1.165) is 12.8 Å². The molecule has 1 aromatic carbocycles. The van der Waals surface area contributed by atoms with Crippen LogP contribution in [0.25, 0.3) is 0 Å². The van der Waals surface area contributed by atoms with Crippen molar-refractivity contribution in [3.8, 4) is 0 Å². The van der Waals surface area contributed by atoms with Crippen LogP contribution in [0.3, 0.4) is 0 Å². The van der Waals surface area contributed by atoms with Gasteiger partial charge in [-0.15, -0.1) is 0 Å². The number of nitrogens with zero attached hydrogens (tertiary/aromatic N) is 2. The zero-order valence-corrected chi connectivity index (χ0v) is 12.6. The summed E-state index contributed by atoms with van der Waals surface area (Å²) in [6.07, 6.45) is 5.36. The highest BCUT2D eigenvalue weighted by atomic mass is 19.1. The van der Waals surface area contributed by atoms with E-state index < -0.39 is 0 Å². The first-order valence-electron chi connectivity index (χ1n) is 7.60. The predicted octanol–water partition coefficient (Wildman–Crippen LogP) is 3.44. The minimum Gasteiger partial charge on any atom is -0.339 e. The van der Waals surface area contributed by atoms with E-state index in [9.17, 15) is 9.18 Å². The second kappa shape index (κ2) is 6.26. The van der Waals surface area contributed by atoms with Gasteiger partial charge < -0.3 is 4.90 Å². The van der Waals surface area contributed by atoms with Gasteiger partial charge in [-0.25, -0.2) is 4.39 Å². The van der Waals surface area contributed by atoms with Gasteiger partial charge in [0.1, 0.15) is 5.82 Å². The molecule has 1 heterocycles. The first kappa shape index (κ1) is 14.7. The third kappa shape index (κ3) is 3.01. The van der Waals surface area contributed by atoms with Crippen molar-refractivity contribution in [2.24, 2.45) is 0 Å². The lowest BCUT2D eigenvalue weighted by molar-refractivity contribution is 0.0652. The van der Waals surface area contributed by atoms with Crippen molar-refractivity contribution in [1.29, 1.82) is 0 Å². The second-order valence-electron chi connectivity index (χ2n) is 5.80. The maximum Gasteiger partial charge on any atom is 0.253 e. The predicted molar refractivity (Wildman–Crippen MR) is 83.2 cm³/mol. The van der Waals surface area contributed by atoms with Gasteiger partial charge in [-0.3, -0.25) is 9.78 Å². The highest BCUT2D eigenvalue weighted by Gasteiger charge is 2.26. The molecule has 0 saturated heterocycles. The van der Waals surface area contributed by atoms with Crippen molar-refractivity contribution < 1.29 is 9.18 Å². The van der Waals surface area contributed by atoms with Gasteiger partial charge in [0.05, 0.1) is 0 Å². The molecule has 0 unspecified atom stereocenters. The lowest BCUT2D eigenvalue weighted by Crippen LogP contribution is -2.41. The molecule has 0 bridgehead atoms. The monoisotopic (exact) mass is 298 g/mol. The first-order chi connectivity index (χ1) is 10.6. The van der Waals surface area contributed by atoms with Crippen LogP contribution in [0.2, 0.25) is 0 Å². The average molecular weight is 298 g/mol. The Balaban J connectivity index is 1.77. The summed E-state index contributed by atoms with van der Waals surface area (Å²) in [5, 5.41) is 0. The largest absolute Gasteiger partial charge is 0.339 e. The Hall–Kier alpha value is -2.23. The number of hydrogen-bond acceptors (Lipinski definition) is 2. The Morgan fingerprint density at radius 3 is 2.77 bits per heavy atom. The molecule has 3 rings (SSSR count). The standard InChI is InChI=1S/C18H19FN2O/c1-21(16-6-4-7-16)18(22)14-9-10-20-15(12-14)11-13-5-2-3-8-17(13)19/h2-3,5,8-10,12,16H,4,6-7,11H2,1H3. The van der Waals surface area contributed by atoms with E-state index in [-0.39, 0.29) is 11.7 Å². The molecule has 1 aliphatic rings. The summed E-state index contributed by atoms with van der Waals surface area (Å²) in [5.74, 6) is -0.227. The van der Waals surface area contributed by atoms with Crippen molar-refractivity contribution in [3.63, 3.8) is 0 Å². The molecule has 2 aromatic rings. The molecule has 0 radical (unpaired) electrons. The Morgan fingerprint density at radius 1 is 1.32 bits per heavy atom. The van der Waals surface area contributed by atoms with Crippen molar-refractivity contribution in [3.05, 3.63) is 65.2 Å². The molecular weight excluding hydrogens is 279 g/mol. The fraction of sp³-hybridized carbons (Fsp3) is 0.333. The van der Waals surface area contributed by atoms with E-state index in [1.54, 1.807) is 36.5 Å². The summed E-state index contributed by atoms with van der Waals surface area (Å²) >= 11 is 0. The third-order valence-electron chi connectivity index (χ3n) is 4.34. The average Bonchev–Trinajstić information content (AvgIpc) is 2.47. The number of rotatable bonds is 4. The van der Waals surface area contributed by atoms with E-state index in [2.05, 4.69) is 4.98 Å².